The molecule has 0 spiro atoms. The first kappa shape index (κ1) is 14.0. The molecule has 0 aliphatic carbocycles. The maximum Gasteiger partial charge on any atom is 0.104 e. The highest BCUT2D eigenvalue weighted by molar-refractivity contribution is 9.10. The molecule has 19 heavy (non-hydrogen) atoms. The van der Waals surface area contributed by atoms with Gasteiger partial charge in [0.1, 0.15) is 4.99 Å². The molecule has 0 aromatic heterocycles. The lowest BCUT2D eigenvalue weighted by Crippen LogP contribution is -2.12. The zero-order chi connectivity index (χ0) is 14.0. The summed E-state index contributed by atoms with van der Waals surface area (Å²) in [6.07, 6.45) is 0. The van der Waals surface area contributed by atoms with E-state index in [9.17, 15) is 0 Å². The first-order chi connectivity index (χ1) is 8.99. The molecular weight excluding hydrogens is 320 g/mol. The molecule has 0 aliphatic heterocycles. The zero-order valence-corrected chi connectivity index (χ0v) is 13.3. The molecule has 0 fully saturated rings. The Hall–Kier alpha value is -1.39. The minimum absolute atomic E-state index is 0.408. The third kappa shape index (κ3) is 3.14. The van der Waals surface area contributed by atoms with Crippen molar-refractivity contribution in [2.75, 3.05) is 11.9 Å². The number of thiocarbonyl (C=S) groups is 1. The Kier molecular flexibility index (Phi) is 4.22. The fourth-order valence-corrected chi connectivity index (χ4v) is 2.68. The SMILES string of the molecule is Cc1cccc(N(C)c2ccc(C(N)=S)cc2Br)c1. The van der Waals surface area contributed by atoms with E-state index in [4.69, 9.17) is 18.0 Å². The van der Waals surface area contributed by atoms with Crippen LogP contribution in [0.1, 0.15) is 11.1 Å². The molecule has 0 bridgehead atoms. The minimum Gasteiger partial charge on any atom is -0.389 e. The fraction of sp³-hybridized carbons (Fsp3) is 0.133. The highest BCUT2D eigenvalue weighted by Crippen LogP contribution is 2.31. The summed E-state index contributed by atoms with van der Waals surface area (Å²) < 4.78 is 0.974. The van der Waals surface area contributed by atoms with Crippen molar-refractivity contribution in [3.8, 4) is 0 Å². The van der Waals surface area contributed by atoms with E-state index in [1.807, 2.05) is 25.2 Å². The summed E-state index contributed by atoms with van der Waals surface area (Å²) in [5.74, 6) is 0. The van der Waals surface area contributed by atoms with Gasteiger partial charge in [0.2, 0.25) is 0 Å². The third-order valence-electron chi connectivity index (χ3n) is 2.98. The van der Waals surface area contributed by atoms with Crippen molar-refractivity contribution in [1.29, 1.82) is 0 Å². The number of nitrogens with zero attached hydrogens (tertiary/aromatic N) is 1. The summed E-state index contributed by atoms with van der Waals surface area (Å²) in [6.45, 7) is 2.09. The Labute approximate surface area is 127 Å². The van der Waals surface area contributed by atoms with Gasteiger partial charge in [0, 0.05) is 22.8 Å². The summed E-state index contributed by atoms with van der Waals surface area (Å²) >= 11 is 8.56. The molecule has 4 heteroatoms. The lowest BCUT2D eigenvalue weighted by Gasteiger charge is -2.21. The highest BCUT2D eigenvalue weighted by atomic mass is 79.9. The average molecular weight is 335 g/mol. The first-order valence-electron chi connectivity index (χ1n) is 5.89. The molecule has 0 aliphatic rings. The number of nitrogens with two attached hydrogens (primary N) is 1. The van der Waals surface area contributed by atoms with Crippen molar-refractivity contribution in [2.45, 2.75) is 6.92 Å². The molecule has 0 heterocycles. The van der Waals surface area contributed by atoms with E-state index in [0.717, 1.165) is 21.4 Å². The summed E-state index contributed by atoms with van der Waals surface area (Å²) in [7, 11) is 2.04. The molecule has 0 saturated heterocycles. The number of halogens is 1. The summed E-state index contributed by atoms with van der Waals surface area (Å²) in [5, 5.41) is 0. The van der Waals surface area contributed by atoms with Gasteiger partial charge in [-0.15, -0.1) is 0 Å². The van der Waals surface area contributed by atoms with Crippen molar-refractivity contribution in [3.63, 3.8) is 0 Å². The average Bonchev–Trinajstić information content (AvgIpc) is 2.37. The smallest absolute Gasteiger partial charge is 0.104 e. The molecule has 2 rings (SSSR count). The first-order valence-corrected chi connectivity index (χ1v) is 7.09. The molecule has 2 nitrogen and oxygen atoms in total. The second-order valence-corrected chi connectivity index (χ2v) is 5.72. The van der Waals surface area contributed by atoms with Crippen LogP contribution in [0.25, 0.3) is 0 Å². The van der Waals surface area contributed by atoms with Crippen molar-refractivity contribution in [2.24, 2.45) is 5.73 Å². The van der Waals surface area contributed by atoms with Gasteiger partial charge in [-0.1, -0.05) is 24.4 Å². The van der Waals surface area contributed by atoms with Gasteiger partial charge in [-0.2, -0.15) is 0 Å². The monoisotopic (exact) mass is 334 g/mol. The van der Waals surface area contributed by atoms with Crippen LogP contribution in [0, 0.1) is 6.92 Å². The van der Waals surface area contributed by atoms with Crippen LogP contribution in [-0.2, 0) is 0 Å². The minimum atomic E-state index is 0.408. The summed E-state index contributed by atoms with van der Waals surface area (Å²) in [6, 6.07) is 14.3. The molecule has 98 valence electrons. The number of aryl methyl sites for hydroxylation is 1. The number of benzene rings is 2. The fourth-order valence-electron chi connectivity index (χ4n) is 1.91. The van der Waals surface area contributed by atoms with Gasteiger partial charge >= 0.3 is 0 Å². The molecular formula is C15H15BrN2S. The summed E-state index contributed by atoms with van der Waals surface area (Å²) in [4.78, 5) is 2.53. The largest absolute Gasteiger partial charge is 0.389 e. The van der Waals surface area contributed by atoms with Crippen molar-refractivity contribution >= 4 is 44.5 Å². The van der Waals surface area contributed by atoms with E-state index in [-0.39, 0.29) is 0 Å². The van der Waals surface area contributed by atoms with Gasteiger partial charge in [-0.05, 0) is 58.7 Å². The van der Waals surface area contributed by atoms with E-state index in [1.54, 1.807) is 0 Å². The van der Waals surface area contributed by atoms with Gasteiger partial charge in [-0.25, -0.2) is 0 Å². The Balaban J connectivity index is 2.39. The Morgan fingerprint density at radius 3 is 2.53 bits per heavy atom. The Bertz CT molecular complexity index is 625. The van der Waals surface area contributed by atoms with Gasteiger partial charge in [0.25, 0.3) is 0 Å². The van der Waals surface area contributed by atoms with Crippen molar-refractivity contribution in [1.82, 2.24) is 0 Å². The predicted molar refractivity (Wildman–Crippen MR) is 89.3 cm³/mol. The summed E-state index contributed by atoms with van der Waals surface area (Å²) in [5.41, 5.74) is 9.95. The maximum atomic E-state index is 5.64. The van der Waals surface area contributed by atoms with Crippen LogP contribution >= 0.6 is 28.1 Å². The molecule has 0 saturated carbocycles. The van der Waals surface area contributed by atoms with Crippen molar-refractivity contribution < 1.29 is 0 Å². The third-order valence-corrected chi connectivity index (χ3v) is 3.85. The molecule has 2 aromatic carbocycles. The van der Waals surface area contributed by atoms with Gasteiger partial charge in [0.15, 0.2) is 0 Å². The van der Waals surface area contributed by atoms with Crippen LogP contribution in [0.5, 0.6) is 0 Å². The van der Waals surface area contributed by atoms with Crippen LogP contribution in [0.3, 0.4) is 0 Å². The Morgan fingerprint density at radius 2 is 1.95 bits per heavy atom. The molecule has 2 N–H and O–H groups in total. The maximum absolute atomic E-state index is 5.64. The van der Waals surface area contributed by atoms with Crippen LogP contribution < -0.4 is 10.6 Å². The van der Waals surface area contributed by atoms with Gasteiger partial charge < -0.3 is 10.6 Å². The lowest BCUT2D eigenvalue weighted by molar-refractivity contribution is 1.19. The Morgan fingerprint density at radius 1 is 1.21 bits per heavy atom. The van der Waals surface area contributed by atoms with E-state index >= 15 is 0 Å². The lowest BCUT2D eigenvalue weighted by atomic mass is 10.1. The molecule has 0 amide bonds. The van der Waals surface area contributed by atoms with Crippen LogP contribution in [0.15, 0.2) is 46.9 Å². The number of rotatable bonds is 3. The van der Waals surface area contributed by atoms with E-state index in [0.29, 0.717) is 4.99 Å². The van der Waals surface area contributed by atoms with Crippen molar-refractivity contribution in [3.05, 3.63) is 58.1 Å². The standard InChI is InChI=1S/C15H15BrN2S/c1-10-4-3-5-12(8-10)18(2)14-7-6-11(15(17)19)9-13(14)16/h3-9H,1-2H3,(H2,17,19). The number of anilines is 2. The number of hydrogen-bond donors (Lipinski definition) is 1. The highest BCUT2D eigenvalue weighted by Gasteiger charge is 2.09. The zero-order valence-electron chi connectivity index (χ0n) is 10.9. The number of hydrogen-bond acceptors (Lipinski definition) is 2. The second kappa shape index (κ2) is 5.72. The van der Waals surface area contributed by atoms with E-state index < -0.39 is 0 Å². The predicted octanol–water partition coefficient (Wildman–Crippen LogP) is 4.16. The van der Waals surface area contributed by atoms with Gasteiger partial charge in [0.05, 0.1) is 5.69 Å². The van der Waals surface area contributed by atoms with Crippen LogP contribution in [0.4, 0.5) is 11.4 Å². The molecule has 2 aromatic rings. The normalized spacial score (nSPS) is 10.3. The second-order valence-electron chi connectivity index (χ2n) is 4.43. The molecule has 0 atom stereocenters. The quantitative estimate of drug-likeness (QED) is 0.854. The topological polar surface area (TPSA) is 29.3 Å². The molecule has 0 unspecified atom stereocenters. The van der Waals surface area contributed by atoms with Gasteiger partial charge in [-0.3, -0.25) is 0 Å². The van der Waals surface area contributed by atoms with Crippen LogP contribution in [-0.4, -0.2) is 12.0 Å². The van der Waals surface area contributed by atoms with Crippen LogP contribution in [0.2, 0.25) is 0 Å². The van der Waals surface area contributed by atoms with E-state index in [2.05, 4.69) is 52.0 Å². The molecule has 0 radical (unpaired) electrons. The van der Waals surface area contributed by atoms with E-state index in [1.165, 1.54) is 5.56 Å².